The molecule has 1 N–H and O–H groups in total. The van der Waals surface area contributed by atoms with Crippen molar-refractivity contribution in [2.75, 3.05) is 23.3 Å². The van der Waals surface area contributed by atoms with Crippen molar-refractivity contribution in [1.82, 2.24) is 4.57 Å². The summed E-state index contributed by atoms with van der Waals surface area (Å²) in [6.45, 7) is 1.65. The Kier molecular flexibility index (Phi) is 5.97. The third kappa shape index (κ3) is 4.20. The number of carbonyl (C=O) groups is 1. The number of hydrogen-bond donors (Lipinski definition) is 1. The number of rotatable bonds is 5. The number of carbonyl (C=O) groups excluding carboxylic acids is 1. The van der Waals surface area contributed by atoms with E-state index >= 15 is 0 Å². The maximum absolute atomic E-state index is 13.6. The van der Waals surface area contributed by atoms with Gasteiger partial charge in [0, 0.05) is 12.7 Å². The average molecular weight is 526 g/mol. The van der Waals surface area contributed by atoms with Gasteiger partial charge < -0.3 is 19.4 Å². The highest BCUT2D eigenvalue weighted by molar-refractivity contribution is 7.92. The molecule has 2 heterocycles. The van der Waals surface area contributed by atoms with Crippen molar-refractivity contribution in [3.63, 3.8) is 0 Å². The summed E-state index contributed by atoms with van der Waals surface area (Å²) in [4.78, 5) is 25.1. The smallest absolute Gasteiger partial charge is 0.307 e. The summed E-state index contributed by atoms with van der Waals surface area (Å²) < 4.78 is 41.8. The first-order valence-corrected chi connectivity index (χ1v) is 13.3. The maximum Gasteiger partial charge on any atom is 0.307 e. The molecule has 0 saturated carbocycles. The van der Waals surface area contributed by atoms with E-state index in [0.29, 0.717) is 22.9 Å². The predicted octanol–water partition coefficient (Wildman–Crippen LogP) is 3.51. The highest BCUT2D eigenvalue weighted by Crippen LogP contribution is 2.38. The Hall–Kier alpha value is -3.83. The van der Waals surface area contributed by atoms with Crippen LogP contribution in [0, 0.1) is 6.92 Å². The van der Waals surface area contributed by atoms with Crippen LogP contribution in [0.5, 0.6) is 11.5 Å². The SMILES string of the molecule is COc1ccc(S(=O)(=O)N2CC(C(=O)Nc3ccc4c(c3)sc(=O)n4C)Oc3cc(C)ccc32)cc1. The zero-order valence-corrected chi connectivity index (χ0v) is 21.4. The fourth-order valence-electron chi connectivity index (χ4n) is 4.03. The van der Waals surface area contributed by atoms with Gasteiger partial charge >= 0.3 is 4.87 Å². The Labute approximate surface area is 211 Å². The van der Waals surface area contributed by atoms with Crippen molar-refractivity contribution in [1.29, 1.82) is 0 Å². The highest BCUT2D eigenvalue weighted by atomic mass is 32.2. The van der Waals surface area contributed by atoms with Gasteiger partial charge in [0.1, 0.15) is 11.5 Å². The fourth-order valence-corrected chi connectivity index (χ4v) is 6.43. The zero-order valence-electron chi connectivity index (χ0n) is 19.7. The molecule has 1 unspecified atom stereocenters. The number of fused-ring (bicyclic) bond motifs is 2. The molecule has 3 aromatic carbocycles. The second-order valence-electron chi connectivity index (χ2n) is 8.39. The van der Waals surface area contributed by atoms with Gasteiger partial charge in [-0.25, -0.2) is 8.42 Å². The molecule has 5 rings (SSSR count). The highest BCUT2D eigenvalue weighted by Gasteiger charge is 2.37. The van der Waals surface area contributed by atoms with Crippen LogP contribution in [0.15, 0.2) is 70.4 Å². The number of nitrogens with zero attached hydrogens (tertiary/aromatic N) is 2. The fraction of sp³-hybridized carbons (Fsp3) is 0.200. The van der Waals surface area contributed by atoms with Crippen LogP contribution in [-0.4, -0.2) is 38.7 Å². The first kappa shape index (κ1) is 23.9. The molecule has 1 amide bonds. The second kappa shape index (κ2) is 8.99. The molecule has 11 heteroatoms. The number of aryl methyl sites for hydroxylation is 2. The van der Waals surface area contributed by atoms with Gasteiger partial charge in [0.05, 0.1) is 34.5 Å². The van der Waals surface area contributed by atoms with Gasteiger partial charge in [0.15, 0.2) is 6.10 Å². The van der Waals surface area contributed by atoms with Crippen LogP contribution >= 0.6 is 11.3 Å². The number of thiazole rings is 1. The monoisotopic (exact) mass is 525 g/mol. The summed E-state index contributed by atoms with van der Waals surface area (Å²) in [5.41, 5.74) is 2.47. The van der Waals surface area contributed by atoms with Gasteiger partial charge in [-0.2, -0.15) is 0 Å². The van der Waals surface area contributed by atoms with Crippen molar-refractivity contribution in [2.24, 2.45) is 7.05 Å². The molecule has 0 spiro atoms. The quantitative estimate of drug-likeness (QED) is 0.427. The molecule has 0 saturated heterocycles. The van der Waals surface area contributed by atoms with E-state index in [-0.39, 0.29) is 16.3 Å². The van der Waals surface area contributed by atoms with Crippen molar-refractivity contribution in [2.45, 2.75) is 17.9 Å². The lowest BCUT2D eigenvalue weighted by molar-refractivity contribution is -0.122. The second-order valence-corrected chi connectivity index (χ2v) is 11.2. The van der Waals surface area contributed by atoms with Gasteiger partial charge in [-0.1, -0.05) is 17.4 Å². The van der Waals surface area contributed by atoms with E-state index in [1.54, 1.807) is 55.6 Å². The Balaban J connectivity index is 1.47. The Morgan fingerprint density at radius 2 is 1.86 bits per heavy atom. The van der Waals surface area contributed by atoms with E-state index in [2.05, 4.69) is 5.32 Å². The molecule has 0 aliphatic carbocycles. The number of ether oxygens (including phenoxy) is 2. The van der Waals surface area contributed by atoms with E-state index in [0.717, 1.165) is 27.1 Å². The molecule has 1 aromatic heterocycles. The number of amides is 1. The largest absolute Gasteiger partial charge is 0.497 e. The molecular formula is C25H23N3O6S2. The number of hydrogen-bond acceptors (Lipinski definition) is 7. The Morgan fingerprint density at radius 3 is 2.58 bits per heavy atom. The van der Waals surface area contributed by atoms with Crippen LogP contribution in [-0.2, 0) is 21.9 Å². The van der Waals surface area contributed by atoms with Crippen LogP contribution in [0.3, 0.4) is 0 Å². The third-order valence-electron chi connectivity index (χ3n) is 5.98. The van der Waals surface area contributed by atoms with Crippen LogP contribution in [0.25, 0.3) is 10.2 Å². The summed E-state index contributed by atoms with van der Waals surface area (Å²) in [7, 11) is -0.811. The molecule has 1 atom stereocenters. The van der Waals surface area contributed by atoms with Crippen LogP contribution in [0.4, 0.5) is 11.4 Å². The Bertz CT molecular complexity index is 1640. The van der Waals surface area contributed by atoms with E-state index < -0.39 is 22.0 Å². The third-order valence-corrected chi connectivity index (χ3v) is 8.77. The molecule has 36 heavy (non-hydrogen) atoms. The van der Waals surface area contributed by atoms with E-state index in [1.165, 1.54) is 28.1 Å². The molecule has 0 fully saturated rings. The molecule has 9 nitrogen and oxygen atoms in total. The lowest BCUT2D eigenvalue weighted by Gasteiger charge is -2.35. The van der Waals surface area contributed by atoms with Crippen molar-refractivity contribution >= 4 is 48.9 Å². The van der Waals surface area contributed by atoms with Gasteiger partial charge in [-0.05, 0) is 67.1 Å². The molecule has 1 aliphatic rings. The molecule has 1 aliphatic heterocycles. The molecule has 186 valence electrons. The lowest BCUT2D eigenvalue weighted by Crippen LogP contribution is -2.48. The summed E-state index contributed by atoms with van der Waals surface area (Å²) in [6.07, 6.45) is -1.10. The minimum Gasteiger partial charge on any atom is -0.497 e. The minimum absolute atomic E-state index is 0.0697. The number of aromatic nitrogens is 1. The van der Waals surface area contributed by atoms with Crippen LogP contribution in [0.2, 0.25) is 0 Å². The van der Waals surface area contributed by atoms with Crippen molar-refractivity contribution < 1.29 is 22.7 Å². The van der Waals surface area contributed by atoms with Gasteiger partial charge in [0.2, 0.25) is 0 Å². The predicted molar refractivity (Wildman–Crippen MR) is 139 cm³/mol. The topological polar surface area (TPSA) is 107 Å². The summed E-state index contributed by atoms with van der Waals surface area (Å²) in [5.74, 6) is 0.333. The lowest BCUT2D eigenvalue weighted by atomic mass is 10.1. The Morgan fingerprint density at radius 1 is 1.11 bits per heavy atom. The number of anilines is 2. The summed E-state index contributed by atoms with van der Waals surface area (Å²) in [5, 5.41) is 2.80. The molecule has 0 bridgehead atoms. The number of methoxy groups -OCH3 is 1. The average Bonchev–Trinajstić information content (AvgIpc) is 3.15. The maximum atomic E-state index is 13.6. The standard InChI is InChI=1S/C25H23N3O6S2/c1-15-4-10-19-21(12-15)34-22(14-28(19)36(31,32)18-8-6-17(33-3)7-9-18)24(29)26-16-5-11-20-23(13-16)35-25(30)27(20)2/h4-13,22H,14H2,1-3H3,(H,26,29). The van der Waals surface area contributed by atoms with E-state index in [1.807, 2.05) is 6.92 Å². The first-order valence-electron chi connectivity index (χ1n) is 11.0. The van der Waals surface area contributed by atoms with Gasteiger partial charge in [-0.15, -0.1) is 0 Å². The van der Waals surface area contributed by atoms with Crippen LogP contribution < -0.4 is 24.0 Å². The van der Waals surface area contributed by atoms with Gasteiger partial charge in [0.25, 0.3) is 15.9 Å². The van der Waals surface area contributed by atoms with Crippen molar-refractivity contribution in [3.05, 3.63) is 75.9 Å². The number of sulfonamides is 1. The van der Waals surface area contributed by atoms with E-state index in [9.17, 15) is 18.0 Å². The zero-order chi connectivity index (χ0) is 25.6. The summed E-state index contributed by atoms with van der Waals surface area (Å²) in [6, 6.07) is 16.4. The molecule has 4 aromatic rings. The first-order chi connectivity index (χ1) is 17.2. The van der Waals surface area contributed by atoms with Crippen molar-refractivity contribution in [3.8, 4) is 11.5 Å². The van der Waals surface area contributed by atoms with Crippen LogP contribution in [0.1, 0.15) is 5.56 Å². The normalized spacial score (nSPS) is 15.3. The minimum atomic E-state index is -4.00. The number of nitrogens with one attached hydrogen (secondary N) is 1. The molecule has 0 radical (unpaired) electrons. The molecular weight excluding hydrogens is 502 g/mol. The van der Waals surface area contributed by atoms with Gasteiger partial charge in [-0.3, -0.25) is 13.9 Å². The number of benzene rings is 3. The van der Waals surface area contributed by atoms with E-state index in [4.69, 9.17) is 9.47 Å². The summed E-state index contributed by atoms with van der Waals surface area (Å²) >= 11 is 1.08.